The van der Waals surface area contributed by atoms with Gasteiger partial charge in [0.2, 0.25) is 0 Å². The van der Waals surface area contributed by atoms with Crippen LogP contribution in [0.3, 0.4) is 0 Å². The number of carbonyl (C=O) groups is 3. The van der Waals surface area contributed by atoms with Crippen LogP contribution in [0.25, 0.3) is 11.1 Å². The van der Waals surface area contributed by atoms with Gasteiger partial charge in [-0.3, -0.25) is 4.79 Å². The van der Waals surface area contributed by atoms with Crippen molar-refractivity contribution in [3.05, 3.63) is 102 Å². The smallest absolute Gasteiger partial charge is 0.343 e. The Bertz CT molecular complexity index is 1440. The van der Waals surface area contributed by atoms with Crippen molar-refractivity contribution in [2.75, 3.05) is 6.61 Å². The maximum Gasteiger partial charge on any atom is 0.343 e. The molecule has 3 aromatic carbocycles. The number of fused-ring (bicyclic) bond motifs is 3. The monoisotopic (exact) mass is 540 g/mol. The van der Waals surface area contributed by atoms with Crippen LogP contribution in [0.4, 0.5) is 0 Å². The first-order valence-corrected chi connectivity index (χ1v) is 13.2. The summed E-state index contributed by atoms with van der Waals surface area (Å²) in [5.74, 6) is 0.363. The fraction of sp³-hybridized carbons (Fsp3) is 0.242. The lowest BCUT2D eigenvalue weighted by atomic mass is 9.98. The zero-order valence-corrected chi connectivity index (χ0v) is 22.7. The van der Waals surface area contributed by atoms with Crippen LogP contribution in [-0.4, -0.2) is 24.5 Å². The molecule has 0 amide bonds. The summed E-state index contributed by atoms with van der Waals surface area (Å²) in [5.41, 5.74) is 4.90. The minimum absolute atomic E-state index is 0.0126. The van der Waals surface area contributed by atoms with Gasteiger partial charge in [0.15, 0.2) is 0 Å². The minimum atomic E-state index is -0.465. The number of ether oxygens (including phenoxy) is 4. The normalized spacial score (nSPS) is 13.0. The van der Waals surface area contributed by atoms with Gasteiger partial charge < -0.3 is 18.9 Å². The van der Waals surface area contributed by atoms with E-state index in [9.17, 15) is 14.4 Å². The number of esters is 3. The molecule has 4 rings (SSSR count). The molecule has 7 nitrogen and oxygen atoms in total. The second kappa shape index (κ2) is 12.9. The van der Waals surface area contributed by atoms with Crippen LogP contribution < -0.4 is 14.2 Å². The molecule has 0 aliphatic heterocycles. The third kappa shape index (κ3) is 6.86. The van der Waals surface area contributed by atoms with Gasteiger partial charge in [-0.1, -0.05) is 32.2 Å². The average Bonchev–Trinajstić information content (AvgIpc) is 3.22. The lowest BCUT2D eigenvalue weighted by Crippen LogP contribution is -2.09. The van der Waals surface area contributed by atoms with Gasteiger partial charge in [0.1, 0.15) is 17.2 Å². The second-order valence-corrected chi connectivity index (χ2v) is 9.62. The fourth-order valence-corrected chi connectivity index (χ4v) is 4.52. The van der Waals surface area contributed by atoms with Crippen molar-refractivity contribution in [1.29, 1.82) is 0 Å². The highest BCUT2D eigenvalue weighted by molar-refractivity contribution is 5.93. The molecule has 0 spiro atoms. The average molecular weight is 541 g/mol. The predicted octanol–water partition coefficient (Wildman–Crippen LogP) is 7.15. The Morgan fingerprint density at radius 2 is 1.48 bits per heavy atom. The van der Waals surface area contributed by atoms with E-state index in [-0.39, 0.29) is 11.9 Å². The first kappa shape index (κ1) is 28.4. The highest BCUT2D eigenvalue weighted by Gasteiger charge is 2.27. The molecule has 1 atom stereocenters. The van der Waals surface area contributed by atoms with Crippen LogP contribution in [0.2, 0.25) is 0 Å². The maximum absolute atomic E-state index is 12.9. The van der Waals surface area contributed by atoms with Crippen LogP contribution in [-0.2, 0) is 14.3 Å². The first-order chi connectivity index (χ1) is 19.3. The van der Waals surface area contributed by atoms with Crippen molar-refractivity contribution in [2.24, 2.45) is 0 Å². The Hall–Kier alpha value is -4.65. The SMILES string of the molecule is C=COC(=O)CCCCCOc1ccc(OC(=O)c2ccc3c(c2)C(C)c2cc(OC(=O)C(=C)C)ccc2-3)cc1. The Morgan fingerprint density at radius 3 is 2.17 bits per heavy atom. The summed E-state index contributed by atoms with van der Waals surface area (Å²) in [6.45, 7) is 11.2. The summed E-state index contributed by atoms with van der Waals surface area (Å²) >= 11 is 0. The quantitative estimate of drug-likeness (QED) is 0.0793. The van der Waals surface area contributed by atoms with Gasteiger partial charge in [-0.2, -0.15) is 0 Å². The van der Waals surface area contributed by atoms with E-state index < -0.39 is 11.9 Å². The van der Waals surface area contributed by atoms with E-state index >= 15 is 0 Å². The molecule has 0 aromatic heterocycles. The molecule has 0 saturated carbocycles. The molecule has 0 fully saturated rings. The largest absolute Gasteiger partial charge is 0.494 e. The van der Waals surface area contributed by atoms with E-state index in [0.29, 0.717) is 41.4 Å². The third-order valence-electron chi connectivity index (χ3n) is 6.64. The Kier molecular flexibility index (Phi) is 9.17. The molecule has 1 aliphatic rings. The van der Waals surface area contributed by atoms with Gasteiger partial charge >= 0.3 is 17.9 Å². The summed E-state index contributed by atoms with van der Waals surface area (Å²) in [4.78, 5) is 36.1. The lowest BCUT2D eigenvalue weighted by molar-refractivity contribution is -0.138. The summed E-state index contributed by atoms with van der Waals surface area (Å²) in [7, 11) is 0. The Labute approximate surface area is 234 Å². The molecular weight excluding hydrogens is 508 g/mol. The summed E-state index contributed by atoms with van der Waals surface area (Å²) < 4.78 is 21.4. The fourth-order valence-electron chi connectivity index (χ4n) is 4.52. The van der Waals surface area contributed by atoms with Crippen LogP contribution in [0.1, 0.15) is 66.9 Å². The van der Waals surface area contributed by atoms with Gasteiger partial charge in [-0.15, -0.1) is 0 Å². The Morgan fingerprint density at radius 1 is 0.825 bits per heavy atom. The lowest BCUT2D eigenvalue weighted by Gasteiger charge is -2.10. The molecule has 1 aliphatic carbocycles. The molecule has 206 valence electrons. The van der Waals surface area contributed by atoms with Crippen molar-refractivity contribution < 1.29 is 33.3 Å². The maximum atomic E-state index is 12.9. The zero-order valence-electron chi connectivity index (χ0n) is 22.7. The summed E-state index contributed by atoms with van der Waals surface area (Å²) in [5, 5.41) is 0. The second-order valence-electron chi connectivity index (χ2n) is 9.62. The molecule has 0 radical (unpaired) electrons. The van der Waals surface area contributed by atoms with Crippen molar-refractivity contribution in [2.45, 2.75) is 45.4 Å². The predicted molar refractivity (Wildman–Crippen MR) is 151 cm³/mol. The minimum Gasteiger partial charge on any atom is -0.494 e. The number of rotatable bonds is 12. The zero-order chi connectivity index (χ0) is 28.6. The number of hydrogen-bond acceptors (Lipinski definition) is 7. The molecule has 1 unspecified atom stereocenters. The highest BCUT2D eigenvalue weighted by Crippen LogP contribution is 2.46. The van der Waals surface area contributed by atoms with Crippen molar-refractivity contribution in [1.82, 2.24) is 0 Å². The van der Waals surface area contributed by atoms with Gasteiger partial charge in [-0.25, -0.2) is 9.59 Å². The molecular formula is C33H32O7. The van der Waals surface area contributed by atoms with E-state index in [2.05, 4.69) is 24.8 Å². The van der Waals surface area contributed by atoms with Crippen molar-refractivity contribution >= 4 is 17.9 Å². The van der Waals surface area contributed by atoms with E-state index in [4.69, 9.17) is 14.2 Å². The van der Waals surface area contributed by atoms with Crippen LogP contribution >= 0.6 is 0 Å². The molecule has 7 heteroatoms. The van der Waals surface area contributed by atoms with Crippen LogP contribution in [0.15, 0.2) is 85.7 Å². The van der Waals surface area contributed by atoms with E-state index in [1.807, 2.05) is 24.3 Å². The van der Waals surface area contributed by atoms with Crippen molar-refractivity contribution in [3.63, 3.8) is 0 Å². The number of carbonyl (C=O) groups excluding carboxylic acids is 3. The molecule has 40 heavy (non-hydrogen) atoms. The standard InChI is InChI=1S/C33H32O7/c1-5-37-31(34)9-7-6-8-18-38-24-11-13-25(14-12-24)39-33(36)23-10-16-27-28-17-15-26(40-32(35)21(2)3)20-30(28)22(4)29(27)19-23/h5,10-17,19-20,22H,1-2,6-9,18H2,3-4H3. The molecule has 3 aromatic rings. The highest BCUT2D eigenvalue weighted by atomic mass is 16.5. The number of unbranched alkanes of at least 4 members (excludes halogenated alkanes) is 2. The number of hydrogen-bond donors (Lipinski definition) is 0. The van der Waals surface area contributed by atoms with E-state index in [1.54, 1.807) is 43.3 Å². The topological polar surface area (TPSA) is 88.1 Å². The van der Waals surface area contributed by atoms with Gasteiger partial charge in [0.05, 0.1) is 18.4 Å². The molecule has 0 saturated heterocycles. The van der Waals surface area contributed by atoms with E-state index in [1.165, 1.54) is 0 Å². The molecule has 0 heterocycles. The van der Waals surface area contributed by atoms with Crippen molar-refractivity contribution in [3.8, 4) is 28.4 Å². The van der Waals surface area contributed by atoms with Gasteiger partial charge in [-0.05, 0) is 97.0 Å². The molecule has 0 N–H and O–H groups in total. The first-order valence-electron chi connectivity index (χ1n) is 13.2. The van der Waals surface area contributed by atoms with Gasteiger partial charge in [0, 0.05) is 17.9 Å². The van der Waals surface area contributed by atoms with Crippen LogP contribution in [0.5, 0.6) is 17.2 Å². The molecule has 0 bridgehead atoms. The Balaban J connectivity index is 1.31. The summed E-state index contributed by atoms with van der Waals surface area (Å²) in [6.07, 6.45) is 3.87. The third-order valence-corrected chi connectivity index (χ3v) is 6.64. The summed E-state index contributed by atoms with van der Waals surface area (Å²) in [6, 6.07) is 18.0. The van der Waals surface area contributed by atoms with E-state index in [0.717, 1.165) is 47.8 Å². The van der Waals surface area contributed by atoms with Gasteiger partial charge in [0.25, 0.3) is 0 Å². The number of benzene rings is 3. The van der Waals surface area contributed by atoms with Crippen LogP contribution in [0, 0.1) is 0 Å².